The van der Waals surface area contributed by atoms with Crippen molar-refractivity contribution in [3.05, 3.63) is 90.0 Å². The summed E-state index contributed by atoms with van der Waals surface area (Å²) in [6.07, 6.45) is 2.89. The molecule has 6 rings (SSSR count). The van der Waals surface area contributed by atoms with Gasteiger partial charge < -0.3 is 19.2 Å². The first-order valence-electron chi connectivity index (χ1n) is 11.8. The Bertz CT molecular complexity index is 1880. The molecular formula is C26H21N5O7. The highest BCUT2D eigenvalue weighted by Gasteiger charge is 2.45. The van der Waals surface area contributed by atoms with E-state index in [2.05, 4.69) is 10.1 Å². The minimum absolute atomic E-state index is 0.0174. The molecular weight excluding hydrogens is 494 g/mol. The molecule has 38 heavy (non-hydrogen) atoms. The number of carbonyl (C=O) groups excluding carboxylic acids is 1. The number of ether oxygens (including phenoxy) is 1. The van der Waals surface area contributed by atoms with Crippen LogP contribution in [0.4, 0.5) is 0 Å². The molecule has 1 aromatic carbocycles. The van der Waals surface area contributed by atoms with Crippen LogP contribution in [0, 0.1) is 0 Å². The van der Waals surface area contributed by atoms with Crippen molar-refractivity contribution >= 4 is 23.1 Å². The second-order valence-electron chi connectivity index (χ2n) is 9.06. The summed E-state index contributed by atoms with van der Waals surface area (Å²) in [5.41, 5.74) is -0.235. The number of nitrogens with zero attached hydrogens (tertiary/aromatic N) is 4. The van der Waals surface area contributed by atoms with Gasteiger partial charge >= 0.3 is 11.7 Å². The van der Waals surface area contributed by atoms with Crippen molar-refractivity contribution in [3.63, 3.8) is 0 Å². The topological polar surface area (TPSA) is 158 Å². The number of hydrogen-bond acceptors (Lipinski definition) is 9. The number of hydrogen-bond donors (Lipinski definition) is 2. The zero-order valence-electron chi connectivity index (χ0n) is 20.3. The number of fused-ring (bicyclic) bond motifs is 5. The average Bonchev–Trinajstić information content (AvgIpc) is 3.27. The number of oxime groups is 1. The molecule has 0 unspecified atom stereocenters. The summed E-state index contributed by atoms with van der Waals surface area (Å²) in [7, 11) is 1.42. The number of nitrogens with one attached hydrogen (secondary N) is 1. The summed E-state index contributed by atoms with van der Waals surface area (Å²) < 4.78 is 7.92. The van der Waals surface area contributed by atoms with Gasteiger partial charge in [0.2, 0.25) is 0 Å². The molecule has 0 saturated heterocycles. The van der Waals surface area contributed by atoms with E-state index in [0.717, 1.165) is 0 Å². The molecule has 2 aliphatic rings. The Labute approximate surface area is 213 Å². The summed E-state index contributed by atoms with van der Waals surface area (Å²) in [4.78, 5) is 62.7. The van der Waals surface area contributed by atoms with Crippen molar-refractivity contribution in [2.75, 3.05) is 7.11 Å². The van der Waals surface area contributed by atoms with Crippen molar-refractivity contribution < 1.29 is 19.5 Å². The molecule has 5 heterocycles. The lowest BCUT2D eigenvalue weighted by molar-refractivity contribution is -0.172. The van der Waals surface area contributed by atoms with E-state index >= 15 is 0 Å². The summed E-state index contributed by atoms with van der Waals surface area (Å²) in [6, 6.07) is 8.12. The minimum Gasteiger partial charge on any atom is -0.458 e. The van der Waals surface area contributed by atoms with Crippen LogP contribution in [0.1, 0.15) is 35.6 Å². The minimum atomic E-state index is -1.96. The number of benzene rings is 1. The molecule has 1 atom stereocenters. The van der Waals surface area contributed by atoms with E-state index < -0.39 is 28.4 Å². The van der Waals surface area contributed by atoms with Crippen LogP contribution in [0.5, 0.6) is 0 Å². The number of aromatic nitrogens is 4. The monoisotopic (exact) mass is 515 g/mol. The van der Waals surface area contributed by atoms with Gasteiger partial charge in [0.05, 0.1) is 40.9 Å². The molecule has 0 spiro atoms. The molecule has 0 bridgehead atoms. The van der Waals surface area contributed by atoms with E-state index in [9.17, 15) is 24.3 Å². The second kappa shape index (κ2) is 8.35. The number of esters is 1. The van der Waals surface area contributed by atoms with Gasteiger partial charge in [0.25, 0.3) is 11.1 Å². The van der Waals surface area contributed by atoms with Crippen LogP contribution in [0.2, 0.25) is 0 Å². The van der Waals surface area contributed by atoms with E-state index in [1.165, 1.54) is 34.7 Å². The fraction of sp³-hybridized carbons (Fsp3) is 0.231. The third kappa shape index (κ3) is 3.27. The predicted octanol–water partition coefficient (Wildman–Crippen LogP) is 0.899. The lowest BCUT2D eigenvalue weighted by atomic mass is 9.86. The molecule has 2 aliphatic heterocycles. The van der Waals surface area contributed by atoms with Crippen molar-refractivity contribution in [2.45, 2.75) is 32.1 Å². The zero-order chi connectivity index (χ0) is 26.8. The van der Waals surface area contributed by atoms with Crippen LogP contribution in [0.25, 0.3) is 28.0 Å². The Kier molecular flexibility index (Phi) is 5.17. The van der Waals surface area contributed by atoms with E-state index in [0.29, 0.717) is 39.1 Å². The van der Waals surface area contributed by atoms with Crippen LogP contribution in [0.3, 0.4) is 0 Å². The number of pyridine rings is 2. The van der Waals surface area contributed by atoms with Gasteiger partial charge in [-0.15, -0.1) is 0 Å². The number of H-pyrrole nitrogens is 1. The van der Waals surface area contributed by atoms with Crippen LogP contribution in [0.15, 0.2) is 56.1 Å². The normalized spacial score (nSPS) is 17.8. The Hall–Kier alpha value is -4.84. The van der Waals surface area contributed by atoms with E-state index in [1.807, 2.05) is 0 Å². The molecule has 12 heteroatoms. The molecule has 0 radical (unpaired) electrons. The number of carbonyl (C=O) groups is 1. The Morgan fingerprint density at radius 2 is 2.03 bits per heavy atom. The van der Waals surface area contributed by atoms with E-state index in [4.69, 9.17) is 14.6 Å². The summed E-state index contributed by atoms with van der Waals surface area (Å²) in [5.74, 6) is -0.813. The number of aromatic amines is 1. The smallest absolute Gasteiger partial charge is 0.343 e. The van der Waals surface area contributed by atoms with Gasteiger partial charge in [-0.05, 0) is 30.2 Å². The summed E-state index contributed by atoms with van der Waals surface area (Å²) in [5, 5.41) is 15.5. The quantitative estimate of drug-likeness (QED) is 0.203. The molecule has 0 aliphatic carbocycles. The molecule has 0 fully saturated rings. The third-order valence-corrected chi connectivity index (χ3v) is 7.05. The average molecular weight is 515 g/mol. The number of cyclic esters (lactones) is 1. The molecule has 2 N–H and O–H groups in total. The van der Waals surface area contributed by atoms with E-state index in [1.54, 1.807) is 31.2 Å². The van der Waals surface area contributed by atoms with Crippen molar-refractivity contribution in [2.24, 2.45) is 5.16 Å². The van der Waals surface area contributed by atoms with Gasteiger partial charge in [-0.2, -0.15) is 0 Å². The molecule has 3 aromatic heterocycles. The zero-order valence-corrected chi connectivity index (χ0v) is 20.3. The van der Waals surface area contributed by atoms with Gasteiger partial charge in [0.1, 0.15) is 13.7 Å². The van der Waals surface area contributed by atoms with Crippen molar-refractivity contribution in [1.82, 2.24) is 19.1 Å². The van der Waals surface area contributed by atoms with Crippen molar-refractivity contribution in [1.29, 1.82) is 0 Å². The summed E-state index contributed by atoms with van der Waals surface area (Å²) in [6.45, 7) is 1.44. The van der Waals surface area contributed by atoms with Crippen LogP contribution in [-0.2, 0) is 33.1 Å². The number of rotatable bonds is 4. The highest BCUT2D eigenvalue weighted by molar-refractivity contribution is 5.97. The van der Waals surface area contributed by atoms with Gasteiger partial charge in [-0.3, -0.25) is 19.1 Å². The highest BCUT2D eigenvalue weighted by Crippen LogP contribution is 2.41. The van der Waals surface area contributed by atoms with Gasteiger partial charge in [-0.25, -0.2) is 14.6 Å². The Morgan fingerprint density at radius 1 is 1.21 bits per heavy atom. The van der Waals surface area contributed by atoms with Gasteiger partial charge in [0.15, 0.2) is 5.60 Å². The molecule has 0 amide bonds. The maximum absolute atomic E-state index is 13.6. The fourth-order valence-corrected chi connectivity index (χ4v) is 5.14. The van der Waals surface area contributed by atoms with Crippen LogP contribution in [-0.4, -0.2) is 43.5 Å². The lowest BCUT2D eigenvalue weighted by Gasteiger charge is -2.31. The van der Waals surface area contributed by atoms with Crippen LogP contribution < -0.4 is 16.8 Å². The van der Waals surface area contributed by atoms with E-state index in [-0.39, 0.29) is 30.7 Å². The van der Waals surface area contributed by atoms with Crippen molar-refractivity contribution in [3.8, 4) is 17.1 Å². The molecule has 12 nitrogen and oxygen atoms in total. The maximum atomic E-state index is 13.6. The Balaban J connectivity index is 1.70. The number of aliphatic hydroxyl groups is 1. The second-order valence-corrected chi connectivity index (χ2v) is 9.06. The largest absolute Gasteiger partial charge is 0.458 e. The van der Waals surface area contributed by atoms with Crippen LogP contribution >= 0.6 is 0 Å². The third-order valence-electron chi connectivity index (χ3n) is 7.05. The SMILES string of the molecule is CC[C@@]1(O)C(=O)OCc2c1cc1n(c2=O)Cc2c-1nc1ccc(C=NOC)cc1c2-n1ccc(=O)[nH]c1=O. The fourth-order valence-electron chi connectivity index (χ4n) is 5.14. The standard InChI is InChI=1S/C26H21N5O7/c1-3-26(36)17-9-19-21-15(11-31(19)23(33)16(17)12-38-24(26)34)22(30-7-6-20(32)29-25(30)35)14-8-13(10-27-37-2)4-5-18(14)28-21/h4-10,36H,3,11-12H2,1-2H3,(H,29,32,35)/t26-/m0/s1. The molecule has 4 aromatic rings. The highest BCUT2D eigenvalue weighted by atomic mass is 16.6. The summed E-state index contributed by atoms with van der Waals surface area (Å²) >= 11 is 0. The maximum Gasteiger partial charge on any atom is 0.343 e. The molecule has 192 valence electrons. The predicted molar refractivity (Wildman–Crippen MR) is 135 cm³/mol. The first-order valence-corrected chi connectivity index (χ1v) is 11.8. The van der Waals surface area contributed by atoms with Gasteiger partial charge in [-0.1, -0.05) is 18.1 Å². The Morgan fingerprint density at radius 3 is 2.76 bits per heavy atom. The first-order chi connectivity index (χ1) is 18.3. The lowest BCUT2D eigenvalue weighted by Crippen LogP contribution is -2.44. The van der Waals surface area contributed by atoms with Gasteiger partial charge in [0, 0.05) is 28.8 Å². The molecule has 0 saturated carbocycles. The first kappa shape index (κ1) is 23.6.